The fourth-order valence-corrected chi connectivity index (χ4v) is 7.14. The Morgan fingerprint density at radius 1 is 0.891 bits per heavy atom. The summed E-state index contributed by atoms with van der Waals surface area (Å²) in [6, 6.07) is 12.7. The minimum absolute atomic E-state index is 0.162. The summed E-state index contributed by atoms with van der Waals surface area (Å²) in [4.78, 5) is 42.5. The van der Waals surface area contributed by atoms with Crippen molar-refractivity contribution in [2.24, 2.45) is 0 Å². The molecule has 3 rings (SSSR count). The van der Waals surface area contributed by atoms with Gasteiger partial charge in [0.1, 0.15) is 17.9 Å². The van der Waals surface area contributed by atoms with Crippen LogP contribution in [0.15, 0.2) is 42.5 Å². The monoisotopic (exact) mass is 636 g/mol. The predicted octanol–water partition coefficient (Wildman–Crippen LogP) is 7.02. The standard InChI is InChI=1S/C38H56N2O6/c1-13-45-33(44)38(39-31(42)26-17-15-14-16-18-26)23-36(9,10)40(37(11,12)24-38)19-20-46-32(43)25(2)27-21-28(34(3,4)5)30(41)29(22-27)35(6,7)8/h14-18,21-22,25,41H,13,19-20,23-24H2,1-12H3,(H,39,42). The molecule has 1 saturated heterocycles. The number of aromatic hydroxyl groups is 1. The fraction of sp³-hybridized carbons (Fsp3) is 0.605. The molecule has 0 radical (unpaired) electrons. The van der Waals surface area contributed by atoms with E-state index in [-0.39, 0.29) is 41.7 Å². The van der Waals surface area contributed by atoms with Gasteiger partial charge in [-0.05, 0) is 94.0 Å². The second kappa shape index (κ2) is 13.4. The third-order valence-corrected chi connectivity index (χ3v) is 9.15. The van der Waals surface area contributed by atoms with Crippen molar-refractivity contribution >= 4 is 17.8 Å². The van der Waals surface area contributed by atoms with Crippen molar-refractivity contribution in [3.8, 4) is 5.75 Å². The molecule has 0 aromatic heterocycles. The third kappa shape index (κ3) is 8.11. The van der Waals surface area contributed by atoms with E-state index >= 15 is 0 Å². The summed E-state index contributed by atoms with van der Waals surface area (Å²) in [6.07, 6.45) is 0.647. The van der Waals surface area contributed by atoms with Crippen molar-refractivity contribution in [3.63, 3.8) is 0 Å². The topological polar surface area (TPSA) is 105 Å². The molecule has 1 atom stereocenters. The van der Waals surface area contributed by atoms with Gasteiger partial charge in [-0.25, -0.2) is 4.79 Å². The Morgan fingerprint density at radius 3 is 1.85 bits per heavy atom. The first-order chi connectivity index (χ1) is 21.1. The number of nitrogens with zero attached hydrogens (tertiary/aromatic N) is 1. The second-order valence-electron chi connectivity index (χ2n) is 16.1. The number of likely N-dealkylation sites (tertiary alicyclic amines) is 1. The first-order valence-corrected chi connectivity index (χ1v) is 16.4. The molecule has 0 aliphatic carbocycles. The quantitative estimate of drug-likeness (QED) is 0.285. The Kier molecular flexibility index (Phi) is 10.8. The maximum atomic E-state index is 13.5. The molecule has 0 spiro atoms. The number of benzene rings is 2. The Hall–Kier alpha value is -3.39. The Labute approximate surface area is 276 Å². The summed E-state index contributed by atoms with van der Waals surface area (Å²) in [5, 5.41) is 14.2. The summed E-state index contributed by atoms with van der Waals surface area (Å²) < 4.78 is 11.4. The highest BCUT2D eigenvalue weighted by Gasteiger charge is 2.57. The van der Waals surface area contributed by atoms with Gasteiger partial charge >= 0.3 is 11.9 Å². The minimum Gasteiger partial charge on any atom is -0.507 e. The second-order valence-corrected chi connectivity index (χ2v) is 16.1. The SMILES string of the molecule is CCOC(=O)C1(NC(=O)c2ccccc2)CC(C)(C)N(CCOC(=O)C(C)c2cc(C(C)(C)C)c(O)c(C(C)(C)C)c2)C(C)(C)C1. The van der Waals surface area contributed by atoms with Crippen LogP contribution in [0, 0.1) is 0 Å². The molecule has 1 unspecified atom stereocenters. The van der Waals surface area contributed by atoms with Crippen LogP contribution in [0.5, 0.6) is 5.75 Å². The summed E-state index contributed by atoms with van der Waals surface area (Å²) in [7, 11) is 0. The maximum Gasteiger partial charge on any atom is 0.331 e. The lowest BCUT2D eigenvalue weighted by molar-refractivity contribution is -0.163. The van der Waals surface area contributed by atoms with Crippen LogP contribution in [0.3, 0.4) is 0 Å². The van der Waals surface area contributed by atoms with Gasteiger partial charge in [0.25, 0.3) is 5.91 Å². The molecule has 1 heterocycles. The van der Waals surface area contributed by atoms with Crippen molar-refractivity contribution in [3.05, 3.63) is 64.7 Å². The molecule has 0 saturated carbocycles. The minimum atomic E-state index is -1.23. The van der Waals surface area contributed by atoms with Crippen LogP contribution < -0.4 is 5.32 Å². The van der Waals surface area contributed by atoms with Gasteiger partial charge in [-0.3, -0.25) is 14.5 Å². The lowest BCUT2D eigenvalue weighted by Crippen LogP contribution is -2.72. The molecular formula is C38H56N2O6. The number of rotatable bonds is 9. The number of nitrogens with one attached hydrogen (secondary N) is 1. The van der Waals surface area contributed by atoms with Gasteiger partial charge in [0.15, 0.2) is 0 Å². The number of hydrogen-bond donors (Lipinski definition) is 2. The predicted molar refractivity (Wildman–Crippen MR) is 182 cm³/mol. The van der Waals surface area contributed by atoms with Crippen LogP contribution in [0.4, 0.5) is 0 Å². The molecule has 0 bridgehead atoms. The van der Waals surface area contributed by atoms with Crippen LogP contribution in [0.2, 0.25) is 0 Å². The molecule has 254 valence electrons. The Morgan fingerprint density at radius 2 is 1.39 bits per heavy atom. The van der Waals surface area contributed by atoms with Gasteiger partial charge in [0, 0.05) is 23.2 Å². The van der Waals surface area contributed by atoms with E-state index in [0.29, 0.717) is 24.9 Å². The molecule has 46 heavy (non-hydrogen) atoms. The molecule has 8 heteroatoms. The molecule has 1 aliphatic heterocycles. The average molecular weight is 637 g/mol. The zero-order chi connectivity index (χ0) is 34.9. The van der Waals surface area contributed by atoms with Crippen LogP contribution in [0.25, 0.3) is 0 Å². The van der Waals surface area contributed by atoms with E-state index in [4.69, 9.17) is 9.47 Å². The number of ether oxygens (including phenoxy) is 2. The lowest BCUT2D eigenvalue weighted by Gasteiger charge is -2.58. The number of amides is 1. The summed E-state index contributed by atoms with van der Waals surface area (Å²) in [5.41, 5.74) is -0.0815. The van der Waals surface area contributed by atoms with Crippen LogP contribution in [-0.4, -0.2) is 64.2 Å². The van der Waals surface area contributed by atoms with E-state index in [9.17, 15) is 19.5 Å². The normalized spacial score (nSPS) is 18.3. The van der Waals surface area contributed by atoms with Gasteiger partial charge in [0.2, 0.25) is 0 Å². The van der Waals surface area contributed by atoms with Gasteiger partial charge in [-0.1, -0.05) is 71.9 Å². The molecular weight excluding hydrogens is 580 g/mol. The number of hydrogen-bond acceptors (Lipinski definition) is 7. The van der Waals surface area contributed by atoms with Crippen molar-refractivity contribution in [2.75, 3.05) is 19.8 Å². The summed E-state index contributed by atoms with van der Waals surface area (Å²) in [5.74, 6) is -1.37. The largest absolute Gasteiger partial charge is 0.507 e. The molecule has 2 aromatic rings. The van der Waals surface area contributed by atoms with Gasteiger partial charge < -0.3 is 19.9 Å². The van der Waals surface area contributed by atoms with Crippen LogP contribution in [0.1, 0.15) is 129 Å². The Bertz CT molecular complexity index is 1360. The van der Waals surface area contributed by atoms with Crippen LogP contribution in [-0.2, 0) is 29.9 Å². The number of carbonyl (C=O) groups excluding carboxylic acids is 3. The summed E-state index contributed by atoms with van der Waals surface area (Å²) in [6.45, 7) is 24.9. The average Bonchev–Trinajstić information content (AvgIpc) is 2.92. The highest BCUT2D eigenvalue weighted by Crippen LogP contribution is 2.45. The van der Waals surface area contributed by atoms with Gasteiger partial charge in [0.05, 0.1) is 12.5 Å². The highest BCUT2D eigenvalue weighted by atomic mass is 16.5. The smallest absolute Gasteiger partial charge is 0.331 e. The van der Waals surface area contributed by atoms with E-state index < -0.39 is 28.5 Å². The molecule has 2 aromatic carbocycles. The molecule has 1 fully saturated rings. The van der Waals surface area contributed by atoms with Crippen LogP contribution >= 0.6 is 0 Å². The molecule has 8 nitrogen and oxygen atoms in total. The highest BCUT2D eigenvalue weighted by molar-refractivity contribution is 5.98. The first-order valence-electron chi connectivity index (χ1n) is 16.4. The molecule has 1 aliphatic rings. The van der Waals surface area contributed by atoms with Crippen molar-refractivity contribution in [2.45, 2.75) is 129 Å². The zero-order valence-electron chi connectivity index (χ0n) is 30.1. The van der Waals surface area contributed by atoms with E-state index in [1.54, 1.807) is 31.2 Å². The molecule has 1 amide bonds. The van der Waals surface area contributed by atoms with Crippen molar-refractivity contribution < 1.29 is 29.0 Å². The summed E-state index contributed by atoms with van der Waals surface area (Å²) >= 11 is 0. The maximum absolute atomic E-state index is 13.5. The first kappa shape index (κ1) is 37.1. The van der Waals surface area contributed by atoms with Gasteiger partial charge in [-0.2, -0.15) is 0 Å². The lowest BCUT2D eigenvalue weighted by atomic mass is 9.68. The molecule has 2 N–H and O–H groups in total. The van der Waals surface area contributed by atoms with Crippen molar-refractivity contribution in [1.29, 1.82) is 0 Å². The number of phenols is 1. The van der Waals surface area contributed by atoms with E-state index in [1.165, 1.54) is 0 Å². The number of esters is 2. The van der Waals surface area contributed by atoms with Crippen molar-refractivity contribution in [1.82, 2.24) is 10.2 Å². The fourth-order valence-electron chi connectivity index (χ4n) is 7.14. The van der Waals surface area contributed by atoms with E-state index in [1.807, 2.05) is 94.4 Å². The number of piperidine rings is 1. The zero-order valence-corrected chi connectivity index (χ0v) is 30.1. The number of phenolic OH excluding ortho intramolecular Hbond substituents is 1. The number of carbonyl (C=O) groups is 3. The Balaban J connectivity index is 1.81. The third-order valence-electron chi connectivity index (χ3n) is 9.15. The van der Waals surface area contributed by atoms with E-state index in [2.05, 4.69) is 10.2 Å². The van der Waals surface area contributed by atoms with Gasteiger partial charge in [-0.15, -0.1) is 0 Å². The van der Waals surface area contributed by atoms with E-state index in [0.717, 1.165) is 16.7 Å².